The summed E-state index contributed by atoms with van der Waals surface area (Å²) >= 11 is 0. The standard InChI is InChI=1S/C21H17F2N5O/c22-13-4-5-16-11(6-13)2-1-3-17(16)28-21-18(20(24)25-10-26-21)19(27-28)12-7-14(23)9-15(29)8-12/h4-10,17,29H,1-3H2,(H2,24,25,26). The van der Waals surface area contributed by atoms with Gasteiger partial charge in [-0.1, -0.05) is 6.07 Å². The molecule has 2 aromatic carbocycles. The number of benzene rings is 2. The molecule has 0 fully saturated rings. The van der Waals surface area contributed by atoms with Crippen molar-refractivity contribution in [2.75, 3.05) is 5.73 Å². The van der Waals surface area contributed by atoms with Gasteiger partial charge < -0.3 is 10.8 Å². The molecule has 2 aromatic heterocycles. The van der Waals surface area contributed by atoms with Crippen molar-refractivity contribution in [3.8, 4) is 17.0 Å². The van der Waals surface area contributed by atoms with Crippen LogP contribution >= 0.6 is 0 Å². The number of aromatic nitrogens is 4. The van der Waals surface area contributed by atoms with Gasteiger partial charge in [0.25, 0.3) is 0 Å². The molecule has 0 radical (unpaired) electrons. The molecule has 1 aliphatic rings. The molecule has 29 heavy (non-hydrogen) atoms. The monoisotopic (exact) mass is 393 g/mol. The molecule has 5 rings (SSSR count). The van der Waals surface area contributed by atoms with E-state index in [4.69, 9.17) is 10.8 Å². The Hall–Kier alpha value is -3.55. The van der Waals surface area contributed by atoms with Gasteiger partial charge in [0.2, 0.25) is 0 Å². The maximum atomic E-state index is 13.9. The molecule has 1 atom stereocenters. The minimum Gasteiger partial charge on any atom is -0.508 e. The predicted octanol–water partition coefficient (Wildman–Crippen LogP) is 3.99. The van der Waals surface area contributed by atoms with Gasteiger partial charge in [-0.3, -0.25) is 0 Å². The summed E-state index contributed by atoms with van der Waals surface area (Å²) < 4.78 is 29.4. The summed E-state index contributed by atoms with van der Waals surface area (Å²) in [6, 6.07) is 8.34. The smallest absolute Gasteiger partial charge is 0.164 e. The molecule has 0 saturated heterocycles. The molecule has 0 aliphatic heterocycles. The number of aryl methyl sites for hydroxylation is 1. The number of aromatic hydroxyl groups is 1. The molecule has 1 aliphatic carbocycles. The molecular formula is C21H17F2N5O. The summed E-state index contributed by atoms with van der Waals surface area (Å²) in [5.41, 5.74) is 9.32. The van der Waals surface area contributed by atoms with Gasteiger partial charge in [0.15, 0.2) is 5.65 Å². The third-order valence-electron chi connectivity index (χ3n) is 5.36. The third-order valence-corrected chi connectivity index (χ3v) is 5.36. The lowest BCUT2D eigenvalue weighted by molar-refractivity contribution is 0.458. The second-order valence-electron chi connectivity index (χ2n) is 7.20. The fraction of sp³-hybridized carbons (Fsp3) is 0.190. The van der Waals surface area contributed by atoms with E-state index >= 15 is 0 Å². The van der Waals surface area contributed by atoms with Crippen molar-refractivity contribution >= 4 is 16.9 Å². The van der Waals surface area contributed by atoms with E-state index in [0.717, 1.165) is 36.5 Å². The number of nitrogen functional groups attached to an aromatic ring is 1. The highest BCUT2D eigenvalue weighted by molar-refractivity contribution is 5.98. The van der Waals surface area contributed by atoms with Crippen LogP contribution in [0.1, 0.15) is 30.0 Å². The lowest BCUT2D eigenvalue weighted by atomic mass is 9.87. The molecular weight excluding hydrogens is 376 g/mol. The molecule has 6 nitrogen and oxygen atoms in total. The van der Waals surface area contributed by atoms with Crippen LogP contribution in [-0.4, -0.2) is 24.9 Å². The molecule has 0 amide bonds. The number of fused-ring (bicyclic) bond motifs is 2. The summed E-state index contributed by atoms with van der Waals surface area (Å²) in [5.74, 6) is -0.847. The average Bonchev–Trinajstić information content (AvgIpc) is 3.07. The van der Waals surface area contributed by atoms with Crippen molar-refractivity contribution < 1.29 is 13.9 Å². The van der Waals surface area contributed by atoms with Gasteiger partial charge in [0, 0.05) is 11.6 Å². The number of hydrogen-bond acceptors (Lipinski definition) is 5. The minimum atomic E-state index is -0.586. The van der Waals surface area contributed by atoms with E-state index in [-0.39, 0.29) is 23.4 Å². The summed E-state index contributed by atoms with van der Waals surface area (Å²) in [5, 5.41) is 15.0. The Bertz CT molecular complexity index is 1230. The van der Waals surface area contributed by atoms with Gasteiger partial charge in [-0.25, -0.2) is 23.4 Å². The van der Waals surface area contributed by atoms with Crippen molar-refractivity contribution in [3.05, 3.63) is 65.5 Å². The highest BCUT2D eigenvalue weighted by Crippen LogP contribution is 2.38. The number of nitrogens with two attached hydrogens (primary N) is 1. The van der Waals surface area contributed by atoms with E-state index in [1.54, 1.807) is 16.8 Å². The number of hydrogen-bond donors (Lipinski definition) is 2. The van der Waals surface area contributed by atoms with Crippen molar-refractivity contribution in [2.45, 2.75) is 25.3 Å². The molecule has 3 N–H and O–H groups in total. The Labute approximate surface area is 164 Å². The maximum absolute atomic E-state index is 13.9. The van der Waals surface area contributed by atoms with Crippen LogP contribution in [-0.2, 0) is 6.42 Å². The van der Waals surface area contributed by atoms with Crippen LogP contribution in [0.4, 0.5) is 14.6 Å². The molecule has 1 unspecified atom stereocenters. The van der Waals surface area contributed by atoms with E-state index in [0.29, 0.717) is 22.3 Å². The number of halogens is 2. The first kappa shape index (κ1) is 17.5. The summed E-state index contributed by atoms with van der Waals surface area (Å²) in [6.45, 7) is 0. The predicted molar refractivity (Wildman–Crippen MR) is 104 cm³/mol. The van der Waals surface area contributed by atoms with E-state index in [1.165, 1.54) is 24.5 Å². The molecule has 146 valence electrons. The largest absolute Gasteiger partial charge is 0.508 e. The van der Waals surface area contributed by atoms with E-state index in [2.05, 4.69) is 9.97 Å². The van der Waals surface area contributed by atoms with Gasteiger partial charge >= 0.3 is 0 Å². The normalized spacial score (nSPS) is 16.1. The van der Waals surface area contributed by atoms with Gasteiger partial charge in [-0.05, 0) is 54.7 Å². The van der Waals surface area contributed by atoms with Crippen molar-refractivity contribution in [2.24, 2.45) is 0 Å². The van der Waals surface area contributed by atoms with Gasteiger partial charge in [-0.2, -0.15) is 5.10 Å². The SMILES string of the molecule is Nc1ncnc2c1c(-c1cc(O)cc(F)c1)nn2C1CCCc2cc(F)ccc21. The molecule has 0 bridgehead atoms. The fourth-order valence-corrected chi connectivity index (χ4v) is 4.14. The Morgan fingerprint density at radius 1 is 1.07 bits per heavy atom. The van der Waals surface area contributed by atoms with E-state index < -0.39 is 5.82 Å². The highest BCUT2D eigenvalue weighted by atomic mass is 19.1. The first-order valence-corrected chi connectivity index (χ1v) is 9.28. The van der Waals surface area contributed by atoms with Crippen LogP contribution in [0.15, 0.2) is 42.7 Å². The van der Waals surface area contributed by atoms with Gasteiger partial charge in [-0.15, -0.1) is 0 Å². The molecule has 0 spiro atoms. The maximum Gasteiger partial charge on any atom is 0.164 e. The average molecular weight is 393 g/mol. The minimum absolute atomic E-state index is 0.160. The zero-order valence-corrected chi connectivity index (χ0v) is 15.3. The van der Waals surface area contributed by atoms with Crippen LogP contribution in [0, 0.1) is 11.6 Å². The fourth-order valence-electron chi connectivity index (χ4n) is 4.14. The van der Waals surface area contributed by atoms with Crippen molar-refractivity contribution in [1.82, 2.24) is 19.7 Å². The quantitative estimate of drug-likeness (QED) is 0.538. The molecule has 8 heteroatoms. The van der Waals surface area contributed by atoms with Crippen LogP contribution in [0.2, 0.25) is 0 Å². The van der Waals surface area contributed by atoms with Gasteiger partial charge in [0.1, 0.15) is 35.2 Å². The summed E-state index contributed by atoms with van der Waals surface area (Å²) in [4.78, 5) is 8.44. The van der Waals surface area contributed by atoms with Crippen LogP contribution in [0.3, 0.4) is 0 Å². The lowest BCUT2D eigenvalue weighted by Gasteiger charge is -2.26. The lowest BCUT2D eigenvalue weighted by Crippen LogP contribution is -2.19. The molecule has 0 saturated carbocycles. The molecule has 2 heterocycles. The van der Waals surface area contributed by atoms with Crippen LogP contribution in [0.25, 0.3) is 22.3 Å². The van der Waals surface area contributed by atoms with Crippen LogP contribution < -0.4 is 5.73 Å². The van der Waals surface area contributed by atoms with Crippen molar-refractivity contribution in [3.63, 3.8) is 0 Å². The van der Waals surface area contributed by atoms with Gasteiger partial charge in [0.05, 0.1) is 11.4 Å². The number of rotatable bonds is 2. The second-order valence-corrected chi connectivity index (χ2v) is 7.20. The molecule has 4 aromatic rings. The third kappa shape index (κ3) is 2.88. The number of nitrogens with zero attached hydrogens (tertiary/aromatic N) is 4. The topological polar surface area (TPSA) is 89.8 Å². The number of anilines is 1. The first-order chi connectivity index (χ1) is 14.0. The number of phenolic OH excluding ortho intramolecular Hbond substituents is 1. The summed E-state index contributed by atoms with van der Waals surface area (Å²) in [6.07, 6.45) is 3.83. The Morgan fingerprint density at radius 3 is 2.76 bits per heavy atom. The number of phenols is 1. The zero-order chi connectivity index (χ0) is 20.1. The van der Waals surface area contributed by atoms with Crippen LogP contribution in [0.5, 0.6) is 5.75 Å². The van der Waals surface area contributed by atoms with Crippen molar-refractivity contribution in [1.29, 1.82) is 0 Å². The second kappa shape index (κ2) is 6.51. The zero-order valence-electron chi connectivity index (χ0n) is 15.3. The highest BCUT2D eigenvalue weighted by Gasteiger charge is 2.27. The summed E-state index contributed by atoms with van der Waals surface area (Å²) in [7, 11) is 0. The Balaban J connectivity index is 1.76. The first-order valence-electron chi connectivity index (χ1n) is 9.28. The Kier molecular flexibility index (Phi) is 3.94. The van der Waals surface area contributed by atoms with E-state index in [9.17, 15) is 13.9 Å². The Morgan fingerprint density at radius 2 is 1.93 bits per heavy atom. The van der Waals surface area contributed by atoms with E-state index in [1.807, 2.05) is 0 Å².